The number of carbonyl (C=O) groups excluding carboxylic acids is 1. The maximum Gasteiger partial charge on any atom is 0.227 e. The van der Waals surface area contributed by atoms with Crippen molar-refractivity contribution in [3.63, 3.8) is 0 Å². The molecular formula is C20H20FN3O. The SMILES string of the molecule is CC(C)n1c(C2CC(=O)N(c3ccccc3F)C2)nc2ccccc21. The van der Waals surface area contributed by atoms with Gasteiger partial charge in [-0.1, -0.05) is 24.3 Å². The molecule has 3 aromatic rings. The normalized spacial score (nSPS) is 17.8. The van der Waals surface area contributed by atoms with Gasteiger partial charge in [0.1, 0.15) is 11.6 Å². The second-order valence-corrected chi connectivity index (χ2v) is 6.78. The molecule has 0 spiro atoms. The zero-order valence-electron chi connectivity index (χ0n) is 14.3. The lowest BCUT2D eigenvalue weighted by Gasteiger charge is -2.19. The van der Waals surface area contributed by atoms with Crippen molar-refractivity contribution in [3.8, 4) is 0 Å². The summed E-state index contributed by atoms with van der Waals surface area (Å²) in [6.45, 7) is 4.68. The van der Waals surface area contributed by atoms with Crippen LogP contribution in [0.4, 0.5) is 10.1 Å². The molecule has 2 heterocycles. The van der Waals surface area contributed by atoms with E-state index in [9.17, 15) is 9.18 Å². The van der Waals surface area contributed by atoms with Gasteiger partial charge in [-0.05, 0) is 38.1 Å². The topological polar surface area (TPSA) is 38.1 Å². The van der Waals surface area contributed by atoms with Crippen molar-refractivity contribution >= 4 is 22.6 Å². The number of rotatable bonds is 3. The molecule has 4 rings (SSSR count). The van der Waals surface area contributed by atoms with Crippen LogP contribution in [-0.4, -0.2) is 22.0 Å². The number of carbonyl (C=O) groups is 1. The van der Waals surface area contributed by atoms with Crippen LogP contribution in [-0.2, 0) is 4.79 Å². The zero-order chi connectivity index (χ0) is 17.6. The third-order valence-corrected chi connectivity index (χ3v) is 4.77. The van der Waals surface area contributed by atoms with E-state index < -0.39 is 0 Å². The highest BCUT2D eigenvalue weighted by Crippen LogP contribution is 2.35. The average Bonchev–Trinajstić information content (AvgIpc) is 3.16. The first-order valence-corrected chi connectivity index (χ1v) is 8.58. The van der Waals surface area contributed by atoms with Gasteiger partial charge in [-0.3, -0.25) is 4.79 Å². The van der Waals surface area contributed by atoms with Crippen LogP contribution in [0.1, 0.15) is 38.1 Å². The van der Waals surface area contributed by atoms with Crippen LogP contribution in [0.2, 0.25) is 0 Å². The van der Waals surface area contributed by atoms with Gasteiger partial charge in [0.15, 0.2) is 0 Å². The van der Waals surface area contributed by atoms with E-state index in [2.05, 4.69) is 24.5 Å². The third kappa shape index (κ3) is 2.60. The lowest BCUT2D eigenvalue weighted by Crippen LogP contribution is -2.25. The second kappa shape index (κ2) is 5.99. The van der Waals surface area contributed by atoms with Gasteiger partial charge in [0, 0.05) is 24.9 Å². The Morgan fingerprint density at radius 2 is 1.84 bits per heavy atom. The van der Waals surface area contributed by atoms with Crippen LogP contribution >= 0.6 is 0 Å². The second-order valence-electron chi connectivity index (χ2n) is 6.78. The fourth-order valence-electron chi connectivity index (χ4n) is 3.68. The number of imidazole rings is 1. The molecule has 0 saturated carbocycles. The highest BCUT2D eigenvalue weighted by atomic mass is 19.1. The van der Waals surface area contributed by atoms with Gasteiger partial charge in [0.2, 0.25) is 5.91 Å². The molecule has 1 aliphatic rings. The molecule has 1 atom stereocenters. The monoisotopic (exact) mass is 337 g/mol. The summed E-state index contributed by atoms with van der Waals surface area (Å²) < 4.78 is 16.3. The Labute approximate surface area is 145 Å². The summed E-state index contributed by atoms with van der Waals surface area (Å²) in [4.78, 5) is 18.9. The van der Waals surface area contributed by atoms with Crippen molar-refractivity contribution in [1.82, 2.24) is 9.55 Å². The van der Waals surface area contributed by atoms with Crippen LogP contribution < -0.4 is 4.90 Å². The number of hydrogen-bond donors (Lipinski definition) is 0. The van der Waals surface area contributed by atoms with Crippen LogP contribution in [0.25, 0.3) is 11.0 Å². The van der Waals surface area contributed by atoms with Crippen LogP contribution in [0.15, 0.2) is 48.5 Å². The maximum absolute atomic E-state index is 14.1. The van der Waals surface area contributed by atoms with Crippen molar-refractivity contribution < 1.29 is 9.18 Å². The minimum Gasteiger partial charge on any atom is -0.325 e. The molecule has 1 unspecified atom stereocenters. The summed E-state index contributed by atoms with van der Waals surface area (Å²) in [5.41, 5.74) is 2.36. The predicted molar refractivity (Wildman–Crippen MR) is 96.2 cm³/mol. The number of anilines is 1. The molecule has 0 radical (unpaired) electrons. The number of hydrogen-bond acceptors (Lipinski definition) is 2. The van der Waals surface area contributed by atoms with E-state index in [4.69, 9.17) is 4.98 Å². The van der Waals surface area contributed by atoms with Crippen LogP contribution in [0.5, 0.6) is 0 Å². The number of halogens is 1. The smallest absolute Gasteiger partial charge is 0.227 e. The molecule has 1 amide bonds. The highest BCUT2D eigenvalue weighted by molar-refractivity contribution is 5.96. The Morgan fingerprint density at radius 3 is 2.60 bits per heavy atom. The molecule has 1 saturated heterocycles. The summed E-state index contributed by atoms with van der Waals surface area (Å²) >= 11 is 0. The average molecular weight is 337 g/mol. The minimum absolute atomic E-state index is 0.0399. The molecule has 0 N–H and O–H groups in total. The van der Waals surface area contributed by atoms with E-state index in [-0.39, 0.29) is 23.7 Å². The van der Waals surface area contributed by atoms with Gasteiger partial charge in [0.05, 0.1) is 16.7 Å². The van der Waals surface area contributed by atoms with Gasteiger partial charge >= 0.3 is 0 Å². The fourth-order valence-corrected chi connectivity index (χ4v) is 3.68. The Balaban J connectivity index is 1.75. The zero-order valence-corrected chi connectivity index (χ0v) is 14.3. The fraction of sp³-hybridized carbons (Fsp3) is 0.300. The predicted octanol–water partition coefficient (Wildman–Crippen LogP) is 4.28. The number of nitrogens with zero attached hydrogens (tertiary/aromatic N) is 3. The summed E-state index contributed by atoms with van der Waals surface area (Å²) in [7, 11) is 0. The number of benzene rings is 2. The van der Waals surface area contributed by atoms with Gasteiger partial charge in [0.25, 0.3) is 0 Å². The van der Waals surface area contributed by atoms with Gasteiger partial charge in [-0.2, -0.15) is 0 Å². The first kappa shape index (κ1) is 15.8. The van der Waals surface area contributed by atoms with Crippen LogP contribution in [0, 0.1) is 5.82 Å². The van der Waals surface area contributed by atoms with E-state index in [1.54, 1.807) is 23.1 Å². The van der Waals surface area contributed by atoms with Crippen molar-refractivity contribution in [2.24, 2.45) is 0 Å². The Kier molecular flexibility index (Phi) is 3.79. The van der Waals surface area contributed by atoms with E-state index in [0.717, 1.165) is 16.9 Å². The Hall–Kier alpha value is -2.69. The number of para-hydroxylation sites is 3. The summed E-state index contributed by atoms with van der Waals surface area (Å²) in [5.74, 6) is 0.441. The van der Waals surface area contributed by atoms with Crippen molar-refractivity contribution in [3.05, 3.63) is 60.2 Å². The third-order valence-electron chi connectivity index (χ3n) is 4.77. The number of fused-ring (bicyclic) bond motifs is 1. The van der Waals surface area contributed by atoms with Crippen LogP contribution in [0.3, 0.4) is 0 Å². The molecule has 25 heavy (non-hydrogen) atoms. The Bertz CT molecular complexity index is 947. The molecular weight excluding hydrogens is 317 g/mol. The molecule has 1 aliphatic heterocycles. The summed E-state index contributed by atoms with van der Waals surface area (Å²) in [6.07, 6.45) is 0.352. The van der Waals surface area contributed by atoms with E-state index >= 15 is 0 Å². The lowest BCUT2D eigenvalue weighted by molar-refractivity contribution is -0.117. The largest absolute Gasteiger partial charge is 0.325 e. The minimum atomic E-state index is -0.367. The van der Waals surface area contributed by atoms with E-state index in [1.807, 2.05) is 18.2 Å². The molecule has 2 aromatic carbocycles. The standard InChI is InChI=1S/C20H20FN3O/c1-13(2)24-18-10-6-4-8-16(18)22-20(24)14-11-19(25)23(12-14)17-9-5-3-7-15(17)21/h3-10,13-14H,11-12H2,1-2H3. The molecule has 128 valence electrons. The molecule has 5 heteroatoms. The maximum atomic E-state index is 14.1. The lowest BCUT2D eigenvalue weighted by atomic mass is 10.1. The number of aromatic nitrogens is 2. The molecule has 0 aliphatic carbocycles. The van der Waals surface area contributed by atoms with E-state index in [0.29, 0.717) is 18.7 Å². The highest BCUT2D eigenvalue weighted by Gasteiger charge is 2.36. The van der Waals surface area contributed by atoms with Crippen molar-refractivity contribution in [1.29, 1.82) is 0 Å². The van der Waals surface area contributed by atoms with Gasteiger partial charge < -0.3 is 9.47 Å². The number of amides is 1. The van der Waals surface area contributed by atoms with E-state index in [1.165, 1.54) is 6.07 Å². The van der Waals surface area contributed by atoms with Gasteiger partial charge in [-0.25, -0.2) is 9.37 Å². The summed E-state index contributed by atoms with van der Waals surface area (Å²) in [5, 5.41) is 0. The van der Waals surface area contributed by atoms with Crippen molar-refractivity contribution in [2.45, 2.75) is 32.2 Å². The first-order chi connectivity index (χ1) is 12.1. The molecule has 4 nitrogen and oxygen atoms in total. The first-order valence-electron chi connectivity index (χ1n) is 8.58. The molecule has 0 bridgehead atoms. The van der Waals surface area contributed by atoms with Gasteiger partial charge in [-0.15, -0.1) is 0 Å². The Morgan fingerprint density at radius 1 is 1.12 bits per heavy atom. The quantitative estimate of drug-likeness (QED) is 0.715. The van der Waals surface area contributed by atoms with Crippen molar-refractivity contribution in [2.75, 3.05) is 11.4 Å². The summed E-state index contributed by atoms with van der Waals surface area (Å²) in [6, 6.07) is 14.7. The molecule has 1 aromatic heterocycles. The molecule has 1 fully saturated rings.